The number of amides is 1. The fourth-order valence-corrected chi connectivity index (χ4v) is 4.16. The van der Waals surface area contributed by atoms with Crippen LogP contribution in [0.5, 0.6) is 0 Å². The summed E-state index contributed by atoms with van der Waals surface area (Å²) in [6, 6.07) is 10.3. The van der Waals surface area contributed by atoms with Crippen LogP contribution in [0.2, 0.25) is 0 Å². The first-order valence-electron chi connectivity index (χ1n) is 11.8. The summed E-state index contributed by atoms with van der Waals surface area (Å²) in [6.07, 6.45) is 5.79. The first-order valence-corrected chi connectivity index (χ1v) is 11.8. The average Bonchev–Trinajstić information content (AvgIpc) is 3.68. The molecule has 1 saturated heterocycles. The molecule has 3 heterocycles. The second kappa shape index (κ2) is 9.80. The summed E-state index contributed by atoms with van der Waals surface area (Å²) >= 11 is 0. The van der Waals surface area contributed by atoms with Crippen molar-refractivity contribution in [3.05, 3.63) is 59.4 Å². The number of carbonyl (C=O) groups excluding carboxylic acids is 1. The first kappa shape index (κ1) is 22.3. The number of likely N-dealkylation sites (tertiary alicyclic amines) is 1. The molecule has 1 aromatic carbocycles. The molecule has 3 aromatic rings. The van der Waals surface area contributed by atoms with Crippen molar-refractivity contribution in [2.75, 3.05) is 37.4 Å². The molecule has 2 N–H and O–H groups in total. The van der Waals surface area contributed by atoms with E-state index in [1.807, 2.05) is 20.0 Å². The van der Waals surface area contributed by atoms with E-state index in [-0.39, 0.29) is 11.8 Å². The molecule has 7 nitrogen and oxygen atoms in total. The number of anilines is 2. The predicted molar refractivity (Wildman–Crippen MR) is 134 cm³/mol. The van der Waals surface area contributed by atoms with E-state index >= 15 is 0 Å². The van der Waals surface area contributed by atoms with Gasteiger partial charge in [-0.3, -0.25) is 9.69 Å². The maximum atomic E-state index is 12.2. The van der Waals surface area contributed by atoms with Gasteiger partial charge in [-0.05, 0) is 43.5 Å². The molecule has 34 heavy (non-hydrogen) atoms. The van der Waals surface area contributed by atoms with Gasteiger partial charge in [-0.1, -0.05) is 24.0 Å². The lowest BCUT2D eigenvalue weighted by Gasteiger charge is -2.38. The summed E-state index contributed by atoms with van der Waals surface area (Å²) < 4.78 is 5.63. The monoisotopic (exact) mass is 455 g/mol. The second-order valence-corrected chi connectivity index (χ2v) is 8.87. The molecular weight excluding hydrogens is 426 g/mol. The lowest BCUT2D eigenvalue weighted by molar-refractivity contribution is -0.117. The Labute approximate surface area is 199 Å². The molecule has 0 spiro atoms. The van der Waals surface area contributed by atoms with Crippen LogP contribution in [-0.4, -0.2) is 53.6 Å². The zero-order chi connectivity index (χ0) is 23.5. The highest BCUT2D eigenvalue weighted by Gasteiger charge is 2.30. The van der Waals surface area contributed by atoms with Gasteiger partial charge in [-0.15, -0.1) is 0 Å². The van der Waals surface area contributed by atoms with Gasteiger partial charge in [0.25, 0.3) is 0 Å². The van der Waals surface area contributed by atoms with Crippen molar-refractivity contribution in [2.24, 2.45) is 5.92 Å². The van der Waals surface area contributed by atoms with E-state index in [0.717, 1.165) is 66.8 Å². The third-order valence-electron chi connectivity index (χ3n) is 6.24. The Bertz CT molecular complexity index is 1250. The number of pyridine rings is 2. The minimum atomic E-state index is 0.0362. The highest BCUT2D eigenvalue weighted by atomic mass is 16.5. The Morgan fingerprint density at radius 2 is 1.91 bits per heavy atom. The van der Waals surface area contributed by atoms with Crippen LogP contribution in [0.25, 0.3) is 10.8 Å². The van der Waals surface area contributed by atoms with Crippen molar-refractivity contribution < 1.29 is 9.53 Å². The number of hydrogen-bond acceptors (Lipinski definition) is 6. The molecule has 2 aliphatic rings. The number of nitrogens with one attached hydrogen (secondary N) is 2. The number of fused-ring (bicyclic) bond motifs is 1. The van der Waals surface area contributed by atoms with Crippen LogP contribution in [0.15, 0.2) is 42.7 Å². The molecule has 1 aliphatic carbocycles. The second-order valence-electron chi connectivity index (χ2n) is 8.87. The van der Waals surface area contributed by atoms with Crippen molar-refractivity contribution in [3.63, 3.8) is 0 Å². The van der Waals surface area contributed by atoms with Gasteiger partial charge in [0.1, 0.15) is 11.6 Å². The zero-order valence-corrected chi connectivity index (χ0v) is 19.6. The molecule has 1 aliphatic heterocycles. The van der Waals surface area contributed by atoms with Crippen molar-refractivity contribution in [1.82, 2.24) is 14.9 Å². The lowest BCUT2D eigenvalue weighted by atomic mass is 10.1. The van der Waals surface area contributed by atoms with Gasteiger partial charge in [-0.2, -0.15) is 0 Å². The molecule has 1 saturated carbocycles. The summed E-state index contributed by atoms with van der Waals surface area (Å²) in [4.78, 5) is 23.5. The van der Waals surface area contributed by atoms with E-state index < -0.39 is 0 Å². The number of hydrogen-bond donors (Lipinski definition) is 2. The van der Waals surface area contributed by atoms with E-state index in [0.29, 0.717) is 11.9 Å². The van der Waals surface area contributed by atoms with Crippen LogP contribution in [0, 0.1) is 17.8 Å². The van der Waals surface area contributed by atoms with Crippen LogP contribution >= 0.6 is 0 Å². The number of ether oxygens (including phenoxy) is 1. The topological polar surface area (TPSA) is 79.4 Å². The van der Waals surface area contributed by atoms with Crippen LogP contribution in [-0.2, 0) is 16.1 Å². The van der Waals surface area contributed by atoms with Gasteiger partial charge in [0.2, 0.25) is 5.91 Å². The summed E-state index contributed by atoms with van der Waals surface area (Å²) in [5, 5.41) is 7.80. The first-order chi connectivity index (χ1) is 16.6. The Morgan fingerprint density at radius 3 is 2.62 bits per heavy atom. The van der Waals surface area contributed by atoms with Crippen molar-refractivity contribution >= 4 is 28.3 Å². The fraction of sp³-hybridized carbons (Fsp3) is 0.370. The van der Waals surface area contributed by atoms with Gasteiger partial charge < -0.3 is 15.4 Å². The molecule has 2 fully saturated rings. The van der Waals surface area contributed by atoms with Gasteiger partial charge >= 0.3 is 0 Å². The smallest absolute Gasteiger partial charge is 0.228 e. The fourth-order valence-electron chi connectivity index (χ4n) is 4.16. The van der Waals surface area contributed by atoms with Crippen molar-refractivity contribution in [2.45, 2.75) is 32.4 Å². The summed E-state index contributed by atoms with van der Waals surface area (Å²) in [5.41, 5.74) is 3.01. The minimum absolute atomic E-state index is 0.0362. The number of aromatic nitrogens is 2. The number of benzene rings is 1. The molecule has 2 aromatic heterocycles. The number of nitrogens with zero attached hydrogens (tertiary/aromatic N) is 3. The molecule has 0 unspecified atom stereocenters. The van der Waals surface area contributed by atoms with E-state index in [1.54, 1.807) is 12.4 Å². The van der Waals surface area contributed by atoms with Gasteiger partial charge in [0.05, 0.1) is 11.7 Å². The lowest BCUT2D eigenvalue weighted by Crippen LogP contribution is -2.51. The predicted octanol–water partition coefficient (Wildman–Crippen LogP) is 3.64. The van der Waals surface area contributed by atoms with E-state index in [4.69, 9.17) is 4.74 Å². The van der Waals surface area contributed by atoms with Crippen LogP contribution < -0.4 is 10.6 Å². The van der Waals surface area contributed by atoms with Crippen LogP contribution in [0.3, 0.4) is 0 Å². The normalized spacial score (nSPS) is 15.9. The third kappa shape index (κ3) is 5.04. The van der Waals surface area contributed by atoms with E-state index in [9.17, 15) is 4.79 Å². The Morgan fingerprint density at radius 1 is 1.12 bits per heavy atom. The maximum absolute atomic E-state index is 12.2. The van der Waals surface area contributed by atoms with E-state index in [1.165, 1.54) is 5.56 Å². The van der Waals surface area contributed by atoms with E-state index in [2.05, 4.69) is 61.6 Å². The molecule has 174 valence electrons. The Kier molecular flexibility index (Phi) is 6.43. The molecule has 1 amide bonds. The Balaban J connectivity index is 1.33. The Hall–Kier alpha value is -3.47. The number of carbonyl (C=O) groups is 1. The summed E-state index contributed by atoms with van der Waals surface area (Å²) in [6.45, 7) is 5.74. The highest BCUT2D eigenvalue weighted by Crippen LogP contribution is 2.31. The summed E-state index contributed by atoms with van der Waals surface area (Å²) in [5.74, 6) is 7.96. The maximum Gasteiger partial charge on any atom is 0.228 e. The van der Waals surface area contributed by atoms with Crippen molar-refractivity contribution in [3.8, 4) is 11.8 Å². The standard InChI is InChI=1S/C27H29N5O2/c1-3-34-22-16-32(17-22)15-19-6-4-18(5-7-19)8-9-21-13-30-26(28-2)24-14-29-25(12-23(21)24)31-27(33)20-10-11-20/h4-7,12-14,20,22H,3,10-11,15-17H2,1-2H3,(H,28,30)(H,29,31,33). The SMILES string of the molecule is CCOC1CN(Cc2ccc(C#Cc3cnc(NC)c4cnc(NC(=O)C5CC5)cc34)cc2)C1. The summed E-state index contributed by atoms with van der Waals surface area (Å²) in [7, 11) is 1.83. The van der Waals surface area contributed by atoms with Crippen LogP contribution in [0.4, 0.5) is 11.6 Å². The molecule has 5 rings (SSSR count). The quantitative estimate of drug-likeness (QED) is 0.530. The largest absolute Gasteiger partial charge is 0.376 e. The number of rotatable bonds is 7. The zero-order valence-electron chi connectivity index (χ0n) is 19.6. The molecule has 0 radical (unpaired) electrons. The van der Waals surface area contributed by atoms with Crippen molar-refractivity contribution in [1.29, 1.82) is 0 Å². The minimum Gasteiger partial charge on any atom is -0.376 e. The highest BCUT2D eigenvalue weighted by molar-refractivity contribution is 5.99. The van der Waals surface area contributed by atoms with Crippen LogP contribution in [0.1, 0.15) is 36.5 Å². The molecular formula is C27H29N5O2. The molecule has 0 bridgehead atoms. The molecule has 0 atom stereocenters. The molecule has 7 heteroatoms. The average molecular weight is 456 g/mol. The van der Waals surface area contributed by atoms with Gasteiger partial charge in [-0.25, -0.2) is 9.97 Å². The van der Waals surface area contributed by atoms with Gasteiger partial charge in [0, 0.05) is 67.9 Å². The van der Waals surface area contributed by atoms with Gasteiger partial charge in [0.15, 0.2) is 0 Å². The third-order valence-corrected chi connectivity index (χ3v) is 6.24.